The summed E-state index contributed by atoms with van der Waals surface area (Å²) in [6.45, 7) is 4.07. The summed E-state index contributed by atoms with van der Waals surface area (Å²) in [5.74, 6) is -0.841. The topological polar surface area (TPSA) is 84.2 Å². The zero-order valence-corrected chi connectivity index (χ0v) is 10.5. The molecule has 0 saturated carbocycles. The molecule has 1 heterocycles. The van der Waals surface area contributed by atoms with Crippen LogP contribution in [0.3, 0.4) is 0 Å². The Bertz CT molecular complexity index is 509. The van der Waals surface area contributed by atoms with Crippen molar-refractivity contribution in [3.8, 4) is 0 Å². The molecule has 2 amide bonds. The number of amides is 2. The predicted molar refractivity (Wildman–Crippen MR) is 69.4 cm³/mol. The molecule has 0 atom stereocenters. The van der Waals surface area contributed by atoms with E-state index in [9.17, 15) is 9.59 Å². The molecule has 2 rings (SSSR count). The second-order valence-electron chi connectivity index (χ2n) is 4.99. The van der Waals surface area contributed by atoms with Crippen molar-refractivity contribution in [3.05, 3.63) is 29.3 Å². The zero-order chi connectivity index (χ0) is 13.3. The Hall–Kier alpha value is -2.04. The van der Waals surface area contributed by atoms with Gasteiger partial charge in [0, 0.05) is 17.8 Å². The molecule has 1 aliphatic rings. The van der Waals surface area contributed by atoms with Gasteiger partial charge in [-0.15, -0.1) is 0 Å². The van der Waals surface area contributed by atoms with Gasteiger partial charge >= 0.3 is 0 Å². The Morgan fingerprint density at radius 2 is 2.11 bits per heavy atom. The van der Waals surface area contributed by atoms with Crippen LogP contribution < -0.4 is 16.4 Å². The third-order valence-corrected chi connectivity index (χ3v) is 3.12. The molecule has 0 fully saturated rings. The van der Waals surface area contributed by atoms with Crippen molar-refractivity contribution in [1.82, 2.24) is 5.32 Å². The van der Waals surface area contributed by atoms with Crippen LogP contribution >= 0.6 is 0 Å². The minimum atomic E-state index is -1.05. The lowest BCUT2D eigenvalue weighted by molar-refractivity contribution is -0.122. The number of hydrogen-bond acceptors (Lipinski definition) is 3. The number of carbonyl (C=O) groups excluding carboxylic acids is 2. The maximum Gasteiger partial charge on any atom is 0.252 e. The third-order valence-electron chi connectivity index (χ3n) is 3.12. The standard InChI is InChI=1S/C13H17N3O2/c1-13(2,12(14)18)16-11(17)9-3-4-10-8(7-9)5-6-15-10/h3-4,7,15H,5-6H2,1-2H3,(H2,14,18)(H,16,17). The highest BCUT2D eigenvalue weighted by molar-refractivity contribution is 5.99. The number of anilines is 1. The Morgan fingerprint density at radius 1 is 1.39 bits per heavy atom. The summed E-state index contributed by atoms with van der Waals surface area (Å²) in [7, 11) is 0. The molecular weight excluding hydrogens is 230 g/mol. The van der Waals surface area contributed by atoms with Gasteiger partial charge in [-0.05, 0) is 44.0 Å². The lowest BCUT2D eigenvalue weighted by Crippen LogP contribution is -2.53. The first kappa shape index (κ1) is 12.4. The van der Waals surface area contributed by atoms with Crippen LogP contribution in [0.4, 0.5) is 5.69 Å². The maximum atomic E-state index is 12.0. The van der Waals surface area contributed by atoms with Crippen molar-refractivity contribution < 1.29 is 9.59 Å². The lowest BCUT2D eigenvalue weighted by atomic mass is 10.0. The molecule has 0 saturated heterocycles. The summed E-state index contributed by atoms with van der Waals surface area (Å²) in [4.78, 5) is 23.2. The van der Waals surface area contributed by atoms with Gasteiger partial charge in [0.1, 0.15) is 5.54 Å². The van der Waals surface area contributed by atoms with E-state index in [4.69, 9.17) is 5.73 Å². The molecular formula is C13H17N3O2. The summed E-state index contributed by atoms with van der Waals surface area (Å²) in [5, 5.41) is 5.86. The van der Waals surface area contributed by atoms with Gasteiger partial charge in [0.25, 0.3) is 5.91 Å². The van der Waals surface area contributed by atoms with E-state index in [0.29, 0.717) is 5.56 Å². The average Bonchev–Trinajstić information content (AvgIpc) is 2.74. The van der Waals surface area contributed by atoms with Gasteiger partial charge in [-0.3, -0.25) is 9.59 Å². The summed E-state index contributed by atoms with van der Waals surface area (Å²) in [6, 6.07) is 5.47. The molecule has 96 valence electrons. The molecule has 5 nitrogen and oxygen atoms in total. The van der Waals surface area contributed by atoms with Crippen LogP contribution in [0.5, 0.6) is 0 Å². The zero-order valence-electron chi connectivity index (χ0n) is 10.5. The predicted octanol–water partition coefficient (Wildman–Crippen LogP) is 0.648. The molecule has 0 aliphatic carbocycles. The van der Waals surface area contributed by atoms with Crippen molar-refractivity contribution >= 4 is 17.5 Å². The van der Waals surface area contributed by atoms with E-state index in [-0.39, 0.29) is 5.91 Å². The molecule has 0 aromatic heterocycles. The minimum absolute atomic E-state index is 0.284. The van der Waals surface area contributed by atoms with Crippen LogP contribution in [0.15, 0.2) is 18.2 Å². The quantitative estimate of drug-likeness (QED) is 0.733. The van der Waals surface area contributed by atoms with Crippen LogP contribution in [0.1, 0.15) is 29.8 Å². The highest BCUT2D eigenvalue weighted by Crippen LogP contribution is 2.23. The fourth-order valence-electron chi connectivity index (χ4n) is 1.86. The fourth-order valence-corrected chi connectivity index (χ4v) is 1.86. The molecule has 0 radical (unpaired) electrons. The number of hydrogen-bond donors (Lipinski definition) is 3. The second-order valence-corrected chi connectivity index (χ2v) is 4.99. The number of rotatable bonds is 3. The van der Waals surface area contributed by atoms with Crippen LogP contribution in [0, 0.1) is 0 Å². The van der Waals surface area contributed by atoms with Gasteiger partial charge in [-0.25, -0.2) is 0 Å². The largest absolute Gasteiger partial charge is 0.384 e. The van der Waals surface area contributed by atoms with Gasteiger partial charge in [-0.2, -0.15) is 0 Å². The van der Waals surface area contributed by atoms with E-state index in [1.807, 2.05) is 12.1 Å². The SMILES string of the molecule is CC(C)(NC(=O)c1ccc2c(c1)CCN2)C(N)=O. The molecule has 1 aliphatic heterocycles. The highest BCUT2D eigenvalue weighted by Gasteiger charge is 2.27. The summed E-state index contributed by atoms with van der Waals surface area (Å²) < 4.78 is 0. The van der Waals surface area contributed by atoms with Crippen LogP contribution in [-0.2, 0) is 11.2 Å². The van der Waals surface area contributed by atoms with E-state index in [2.05, 4.69) is 10.6 Å². The van der Waals surface area contributed by atoms with Crippen LogP contribution in [-0.4, -0.2) is 23.9 Å². The molecule has 18 heavy (non-hydrogen) atoms. The second kappa shape index (κ2) is 4.33. The number of fused-ring (bicyclic) bond motifs is 1. The Balaban J connectivity index is 2.17. The lowest BCUT2D eigenvalue weighted by Gasteiger charge is -2.22. The van der Waals surface area contributed by atoms with Crippen molar-refractivity contribution in [2.75, 3.05) is 11.9 Å². The van der Waals surface area contributed by atoms with Crippen LogP contribution in [0.2, 0.25) is 0 Å². The monoisotopic (exact) mass is 247 g/mol. The first-order valence-corrected chi connectivity index (χ1v) is 5.89. The van der Waals surface area contributed by atoms with E-state index in [1.54, 1.807) is 19.9 Å². The third kappa shape index (κ3) is 2.30. The summed E-state index contributed by atoms with van der Waals surface area (Å²) in [5.41, 5.74) is 6.92. The molecule has 4 N–H and O–H groups in total. The molecule has 5 heteroatoms. The van der Waals surface area contributed by atoms with Crippen molar-refractivity contribution in [2.45, 2.75) is 25.8 Å². The number of carbonyl (C=O) groups is 2. The minimum Gasteiger partial charge on any atom is -0.384 e. The molecule has 0 unspecified atom stereocenters. The average molecular weight is 247 g/mol. The van der Waals surface area contributed by atoms with E-state index in [1.165, 1.54) is 0 Å². The molecule has 0 spiro atoms. The maximum absolute atomic E-state index is 12.0. The van der Waals surface area contributed by atoms with Crippen LogP contribution in [0.25, 0.3) is 0 Å². The Labute approximate surface area is 106 Å². The first-order valence-electron chi connectivity index (χ1n) is 5.89. The van der Waals surface area contributed by atoms with Crippen molar-refractivity contribution in [3.63, 3.8) is 0 Å². The molecule has 1 aromatic rings. The number of benzene rings is 1. The fraction of sp³-hybridized carbons (Fsp3) is 0.385. The van der Waals surface area contributed by atoms with Gasteiger partial charge in [0.15, 0.2) is 0 Å². The smallest absolute Gasteiger partial charge is 0.252 e. The van der Waals surface area contributed by atoms with Crippen molar-refractivity contribution in [2.24, 2.45) is 5.73 Å². The summed E-state index contributed by atoms with van der Waals surface area (Å²) >= 11 is 0. The normalized spacial score (nSPS) is 13.7. The van der Waals surface area contributed by atoms with E-state index >= 15 is 0 Å². The van der Waals surface area contributed by atoms with E-state index in [0.717, 1.165) is 24.2 Å². The number of primary amides is 1. The molecule has 1 aromatic carbocycles. The van der Waals surface area contributed by atoms with Gasteiger partial charge < -0.3 is 16.4 Å². The first-order chi connectivity index (χ1) is 8.40. The summed E-state index contributed by atoms with van der Waals surface area (Å²) in [6.07, 6.45) is 0.912. The Kier molecular flexibility index (Phi) is 2.98. The van der Waals surface area contributed by atoms with E-state index < -0.39 is 11.4 Å². The highest BCUT2D eigenvalue weighted by atomic mass is 16.2. The molecule has 0 bridgehead atoms. The van der Waals surface area contributed by atoms with Gasteiger partial charge in [-0.1, -0.05) is 0 Å². The van der Waals surface area contributed by atoms with Gasteiger partial charge in [0.05, 0.1) is 0 Å². The van der Waals surface area contributed by atoms with Crippen molar-refractivity contribution in [1.29, 1.82) is 0 Å². The Morgan fingerprint density at radius 3 is 2.78 bits per heavy atom. The van der Waals surface area contributed by atoms with Gasteiger partial charge in [0.2, 0.25) is 5.91 Å². The number of nitrogens with one attached hydrogen (secondary N) is 2. The number of nitrogens with two attached hydrogens (primary N) is 1.